The predicted molar refractivity (Wildman–Crippen MR) is 133 cm³/mol. The van der Waals surface area contributed by atoms with Gasteiger partial charge in [-0.25, -0.2) is 14.6 Å². The number of benzene rings is 2. The van der Waals surface area contributed by atoms with Crippen molar-refractivity contribution in [2.75, 3.05) is 6.61 Å². The van der Waals surface area contributed by atoms with E-state index in [1.54, 1.807) is 18.2 Å². The zero-order valence-electron chi connectivity index (χ0n) is 21.2. The van der Waals surface area contributed by atoms with Crippen molar-refractivity contribution in [3.8, 4) is 23.0 Å². The highest BCUT2D eigenvalue weighted by atomic mass is 16.6. The first-order valence-corrected chi connectivity index (χ1v) is 11.7. The maximum atomic E-state index is 12.0. The van der Waals surface area contributed by atoms with Crippen LogP contribution in [0.3, 0.4) is 0 Å². The first-order valence-electron chi connectivity index (χ1n) is 11.7. The lowest BCUT2D eigenvalue weighted by Crippen LogP contribution is -2.38. The van der Waals surface area contributed by atoms with Crippen molar-refractivity contribution >= 4 is 12.1 Å². The molecular weight excluding hydrogens is 464 g/mol. The van der Waals surface area contributed by atoms with Crippen LogP contribution >= 0.6 is 0 Å². The van der Waals surface area contributed by atoms with Crippen LogP contribution < -0.4 is 14.8 Å². The van der Waals surface area contributed by atoms with E-state index < -0.39 is 17.7 Å². The summed E-state index contributed by atoms with van der Waals surface area (Å²) < 4.78 is 22.7. The van der Waals surface area contributed by atoms with Gasteiger partial charge in [0.15, 0.2) is 5.60 Å². The van der Waals surface area contributed by atoms with Gasteiger partial charge in [0, 0.05) is 23.6 Å². The normalized spacial score (nSPS) is 11.3. The Bertz CT molecular complexity index is 1190. The third kappa shape index (κ3) is 7.24. The van der Waals surface area contributed by atoms with E-state index in [0.29, 0.717) is 30.2 Å². The molecule has 0 aliphatic rings. The molecule has 0 atom stereocenters. The SMILES string of the molecule is Cc1oc(-c2ccccc2)nc1CCOc1ccc(OC(C)(C)C(=O)O)c(COC(=O)NC(C)C)c1. The third-order valence-corrected chi connectivity index (χ3v) is 5.20. The van der Waals surface area contributed by atoms with Crippen LogP contribution in [0.4, 0.5) is 4.79 Å². The van der Waals surface area contributed by atoms with Crippen molar-refractivity contribution in [2.24, 2.45) is 0 Å². The highest BCUT2D eigenvalue weighted by Gasteiger charge is 2.30. The van der Waals surface area contributed by atoms with E-state index in [9.17, 15) is 14.7 Å². The number of carbonyl (C=O) groups excluding carboxylic acids is 1. The van der Waals surface area contributed by atoms with E-state index in [1.165, 1.54) is 13.8 Å². The molecule has 1 heterocycles. The largest absolute Gasteiger partial charge is 0.493 e. The molecule has 3 rings (SSSR count). The first-order chi connectivity index (χ1) is 17.0. The van der Waals surface area contributed by atoms with Gasteiger partial charge in [0.1, 0.15) is 23.9 Å². The van der Waals surface area contributed by atoms with Gasteiger partial charge in [-0.1, -0.05) is 18.2 Å². The summed E-state index contributed by atoms with van der Waals surface area (Å²) >= 11 is 0. The van der Waals surface area contributed by atoms with E-state index in [4.69, 9.17) is 18.6 Å². The highest BCUT2D eigenvalue weighted by Crippen LogP contribution is 2.29. The summed E-state index contributed by atoms with van der Waals surface area (Å²) in [5.41, 5.74) is 0.701. The van der Waals surface area contributed by atoms with Gasteiger partial charge in [0.05, 0.1) is 12.3 Å². The zero-order chi connectivity index (χ0) is 26.3. The monoisotopic (exact) mass is 496 g/mol. The van der Waals surface area contributed by atoms with Crippen LogP contribution in [0, 0.1) is 6.92 Å². The molecule has 9 nitrogen and oxygen atoms in total. The Morgan fingerprint density at radius 2 is 1.86 bits per heavy atom. The first kappa shape index (κ1) is 26.6. The molecule has 1 aromatic heterocycles. The minimum atomic E-state index is -1.47. The fraction of sp³-hybridized carbons (Fsp3) is 0.370. The summed E-state index contributed by atoms with van der Waals surface area (Å²) in [6.45, 7) is 8.60. The van der Waals surface area contributed by atoms with E-state index in [2.05, 4.69) is 10.3 Å². The van der Waals surface area contributed by atoms with Crippen molar-refractivity contribution < 1.29 is 33.3 Å². The number of carbonyl (C=O) groups is 2. The Hall–Kier alpha value is -4.01. The van der Waals surface area contributed by atoms with Crippen molar-refractivity contribution in [1.82, 2.24) is 10.3 Å². The fourth-order valence-corrected chi connectivity index (χ4v) is 3.23. The Kier molecular flexibility index (Phi) is 8.58. The number of nitrogens with zero attached hydrogens (tertiary/aromatic N) is 1. The number of alkyl carbamates (subject to hydrolysis) is 1. The van der Waals surface area contributed by atoms with Crippen molar-refractivity contribution in [2.45, 2.75) is 59.3 Å². The number of oxazole rings is 1. The lowest BCUT2D eigenvalue weighted by Gasteiger charge is -2.23. The number of hydrogen-bond donors (Lipinski definition) is 2. The fourth-order valence-electron chi connectivity index (χ4n) is 3.23. The van der Waals surface area contributed by atoms with Gasteiger partial charge in [-0.05, 0) is 65.0 Å². The molecule has 0 bridgehead atoms. The highest BCUT2D eigenvalue weighted by molar-refractivity contribution is 5.77. The smallest absolute Gasteiger partial charge is 0.407 e. The predicted octanol–water partition coefficient (Wildman–Crippen LogP) is 5.15. The summed E-state index contributed by atoms with van der Waals surface area (Å²) in [7, 11) is 0. The van der Waals surface area contributed by atoms with E-state index in [1.807, 2.05) is 51.1 Å². The number of nitrogens with one attached hydrogen (secondary N) is 1. The standard InChI is InChI=1S/C27H32N2O7/c1-17(2)28-26(32)34-16-20-15-21(11-12-23(20)36-27(4,5)25(30)31)33-14-13-22-18(3)35-24(29-22)19-9-7-6-8-10-19/h6-12,15,17H,13-14,16H2,1-5H3,(H,28,32)(H,30,31). The van der Waals surface area contributed by atoms with Crippen molar-refractivity contribution in [3.63, 3.8) is 0 Å². The molecule has 0 aliphatic carbocycles. The van der Waals surface area contributed by atoms with Gasteiger partial charge in [0.25, 0.3) is 0 Å². The van der Waals surface area contributed by atoms with Gasteiger partial charge < -0.3 is 29.1 Å². The maximum absolute atomic E-state index is 12.0. The Labute approximate surface area is 210 Å². The maximum Gasteiger partial charge on any atom is 0.407 e. The summed E-state index contributed by atoms with van der Waals surface area (Å²) in [4.78, 5) is 28.1. The lowest BCUT2D eigenvalue weighted by molar-refractivity contribution is -0.152. The van der Waals surface area contributed by atoms with Crippen molar-refractivity contribution in [1.29, 1.82) is 0 Å². The van der Waals surface area contributed by atoms with Gasteiger partial charge in [-0.15, -0.1) is 0 Å². The molecular formula is C27H32N2O7. The average Bonchev–Trinajstić information content (AvgIpc) is 3.19. The number of amides is 1. The van der Waals surface area contributed by atoms with Crippen LogP contribution in [0.1, 0.15) is 44.7 Å². The number of carboxylic acid groups (broad SMARTS) is 1. The molecule has 0 unspecified atom stereocenters. The topological polar surface area (TPSA) is 120 Å². The molecule has 2 aromatic carbocycles. The summed E-state index contributed by atoms with van der Waals surface area (Å²) in [6, 6.07) is 14.5. The molecule has 0 saturated carbocycles. The van der Waals surface area contributed by atoms with Crippen LogP contribution in [0.25, 0.3) is 11.5 Å². The molecule has 0 spiro atoms. The Morgan fingerprint density at radius 1 is 1.14 bits per heavy atom. The molecule has 0 radical (unpaired) electrons. The second-order valence-electron chi connectivity index (χ2n) is 9.05. The van der Waals surface area contributed by atoms with Gasteiger partial charge in [-0.3, -0.25) is 0 Å². The Morgan fingerprint density at radius 3 is 2.53 bits per heavy atom. The van der Waals surface area contributed by atoms with Gasteiger partial charge >= 0.3 is 12.1 Å². The summed E-state index contributed by atoms with van der Waals surface area (Å²) in [5, 5.41) is 12.1. The third-order valence-electron chi connectivity index (χ3n) is 5.20. The van der Waals surface area contributed by atoms with Crippen LogP contribution in [-0.4, -0.2) is 40.4 Å². The zero-order valence-corrected chi connectivity index (χ0v) is 21.2. The molecule has 0 fully saturated rings. The van der Waals surface area contributed by atoms with Crippen LogP contribution in [0.15, 0.2) is 52.9 Å². The number of rotatable bonds is 11. The van der Waals surface area contributed by atoms with E-state index in [-0.39, 0.29) is 18.4 Å². The number of aromatic nitrogens is 1. The molecule has 0 saturated heterocycles. The molecule has 2 N–H and O–H groups in total. The average molecular weight is 497 g/mol. The second-order valence-corrected chi connectivity index (χ2v) is 9.05. The minimum Gasteiger partial charge on any atom is -0.493 e. The molecule has 3 aromatic rings. The lowest BCUT2D eigenvalue weighted by atomic mass is 10.1. The molecule has 36 heavy (non-hydrogen) atoms. The quantitative estimate of drug-likeness (QED) is 0.374. The summed E-state index contributed by atoms with van der Waals surface area (Å²) in [5.74, 6) is 0.965. The number of aliphatic carboxylic acids is 1. The van der Waals surface area contributed by atoms with Gasteiger partial charge in [-0.2, -0.15) is 0 Å². The second kappa shape index (κ2) is 11.6. The van der Waals surface area contributed by atoms with E-state index >= 15 is 0 Å². The van der Waals surface area contributed by atoms with Crippen LogP contribution in [-0.2, 0) is 22.6 Å². The number of ether oxygens (including phenoxy) is 3. The Balaban J connectivity index is 1.70. The van der Waals surface area contributed by atoms with Gasteiger partial charge in [0.2, 0.25) is 5.89 Å². The number of aryl methyl sites for hydroxylation is 1. The number of hydrogen-bond acceptors (Lipinski definition) is 7. The van der Waals surface area contributed by atoms with E-state index in [0.717, 1.165) is 17.0 Å². The molecule has 192 valence electrons. The summed E-state index contributed by atoms with van der Waals surface area (Å²) in [6.07, 6.45) is -0.0646. The van der Waals surface area contributed by atoms with Crippen molar-refractivity contribution in [3.05, 3.63) is 65.5 Å². The number of carboxylic acids is 1. The molecule has 1 amide bonds. The minimum absolute atomic E-state index is 0.0868. The molecule has 9 heteroatoms. The molecule has 0 aliphatic heterocycles. The van der Waals surface area contributed by atoms with Crippen LogP contribution in [0.2, 0.25) is 0 Å². The van der Waals surface area contributed by atoms with Crippen LogP contribution in [0.5, 0.6) is 11.5 Å².